The van der Waals surface area contributed by atoms with Crippen molar-refractivity contribution in [3.8, 4) is 0 Å². The minimum absolute atomic E-state index is 0.0832. The molecule has 0 fully saturated rings. The van der Waals surface area contributed by atoms with Crippen LogP contribution in [0.1, 0.15) is 49.8 Å². The first-order chi connectivity index (χ1) is 13.9. The average Bonchev–Trinajstić information content (AvgIpc) is 3.17. The molecule has 2 aromatic rings. The van der Waals surface area contributed by atoms with Crippen LogP contribution >= 0.6 is 0 Å². The van der Waals surface area contributed by atoms with Crippen molar-refractivity contribution in [1.82, 2.24) is 25.8 Å². The fourth-order valence-electron chi connectivity index (χ4n) is 2.66. The van der Waals surface area contributed by atoms with E-state index in [1.165, 1.54) is 0 Å². The van der Waals surface area contributed by atoms with Gasteiger partial charge in [0.15, 0.2) is 11.7 Å². The second-order valence-corrected chi connectivity index (χ2v) is 6.27. The number of nitrogens with one attached hydrogen (secondary N) is 3. The maximum atomic E-state index is 12.7. The molecule has 0 saturated carbocycles. The van der Waals surface area contributed by atoms with Gasteiger partial charge in [-0.3, -0.25) is 4.99 Å². The number of hydrogen-bond acceptors (Lipinski definition) is 6. The van der Waals surface area contributed by atoms with E-state index < -0.39 is 11.9 Å². The van der Waals surface area contributed by atoms with Gasteiger partial charge in [-0.1, -0.05) is 19.0 Å². The molecule has 0 aromatic carbocycles. The molecule has 0 amide bonds. The molecule has 8 nitrogen and oxygen atoms in total. The Morgan fingerprint density at radius 2 is 1.97 bits per heavy atom. The zero-order valence-electron chi connectivity index (χ0n) is 16.7. The second kappa shape index (κ2) is 10.6. The molecular formula is C18H26F3N7O. The quantitative estimate of drug-likeness (QED) is 0.330. The van der Waals surface area contributed by atoms with E-state index in [0.717, 1.165) is 30.8 Å². The number of nitrogens with zero attached hydrogens (tertiary/aromatic N) is 4. The van der Waals surface area contributed by atoms with Crippen LogP contribution < -0.4 is 16.0 Å². The van der Waals surface area contributed by atoms with Gasteiger partial charge in [0.2, 0.25) is 5.95 Å². The van der Waals surface area contributed by atoms with Crippen molar-refractivity contribution in [2.24, 2.45) is 4.99 Å². The first kappa shape index (κ1) is 22.4. The van der Waals surface area contributed by atoms with Crippen LogP contribution in [-0.2, 0) is 12.7 Å². The molecule has 29 heavy (non-hydrogen) atoms. The van der Waals surface area contributed by atoms with Crippen LogP contribution in [0.5, 0.6) is 0 Å². The van der Waals surface area contributed by atoms with Gasteiger partial charge in [0.05, 0.1) is 12.2 Å². The Morgan fingerprint density at radius 1 is 1.21 bits per heavy atom. The minimum Gasteiger partial charge on any atom is -0.359 e. The number of halogens is 3. The molecule has 0 aliphatic heterocycles. The zero-order valence-corrected chi connectivity index (χ0v) is 16.7. The van der Waals surface area contributed by atoms with Crippen LogP contribution in [0.2, 0.25) is 0 Å². The van der Waals surface area contributed by atoms with E-state index in [2.05, 4.69) is 49.9 Å². The summed E-state index contributed by atoms with van der Waals surface area (Å²) in [6, 6.07) is 2.76. The van der Waals surface area contributed by atoms with E-state index in [1.807, 2.05) is 6.07 Å². The summed E-state index contributed by atoms with van der Waals surface area (Å²) in [5, 5.41) is 13.0. The van der Waals surface area contributed by atoms with E-state index >= 15 is 0 Å². The van der Waals surface area contributed by atoms with Gasteiger partial charge < -0.3 is 20.5 Å². The van der Waals surface area contributed by atoms with Gasteiger partial charge in [0.25, 0.3) is 0 Å². The van der Waals surface area contributed by atoms with Gasteiger partial charge in [-0.15, -0.1) is 0 Å². The van der Waals surface area contributed by atoms with E-state index in [0.29, 0.717) is 37.3 Å². The molecule has 0 aliphatic rings. The maximum Gasteiger partial charge on any atom is 0.433 e. The maximum absolute atomic E-state index is 12.7. The third kappa shape index (κ3) is 6.91. The van der Waals surface area contributed by atoms with Crippen molar-refractivity contribution in [3.63, 3.8) is 0 Å². The van der Waals surface area contributed by atoms with Crippen molar-refractivity contribution in [2.75, 3.05) is 25.5 Å². The van der Waals surface area contributed by atoms with Crippen molar-refractivity contribution < 1.29 is 17.7 Å². The van der Waals surface area contributed by atoms with Crippen LogP contribution in [0.25, 0.3) is 0 Å². The van der Waals surface area contributed by atoms with Gasteiger partial charge in [0.1, 0.15) is 5.69 Å². The predicted molar refractivity (Wildman–Crippen MR) is 104 cm³/mol. The van der Waals surface area contributed by atoms with Crippen molar-refractivity contribution in [3.05, 3.63) is 35.5 Å². The number of guanidine groups is 1. The Kier molecular flexibility index (Phi) is 8.22. The first-order valence-corrected chi connectivity index (χ1v) is 9.41. The summed E-state index contributed by atoms with van der Waals surface area (Å²) in [6.45, 7) is 5.35. The largest absolute Gasteiger partial charge is 0.433 e. The van der Waals surface area contributed by atoms with Crippen molar-refractivity contribution in [2.45, 2.75) is 45.3 Å². The zero-order chi connectivity index (χ0) is 21.3. The monoisotopic (exact) mass is 413 g/mol. The molecule has 2 rings (SSSR count). The summed E-state index contributed by atoms with van der Waals surface area (Å²) in [6.07, 6.45) is -1.43. The van der Waals surface area contributed by atoms with Gasteiger partial charge in [-0.2, -0.15) is 13.2 Å². The molecule has 2 aromatic heterocycles. The van der Waals surface area contributed by atoms with Crippen LogP contribution in [0, 0.1) is 0 Å². The molecule has 0 aliphatic carbocycles. The summed E-state index contributed by atoms with van der Waals surface area (Å²) < 4.78 is 43.3. The van der Waals surface area contributed by atoms with Crippen LogP contribution in [0.15, 0.2) is 27.8 Å². The molecule has 0 unspecified atom stereocenters. The summed E-state index contributed by atoms with van der Waals surface area (Å²) in [5.74, 6) is 1.52. The molecule has 0 radical (unpaired) electrons. The highest BCUT2D eigenvalue weighted by molar-refractivity contribution is 5.79. The van der Waals surface area contributed by atoms with E-state index in [4.69, 9.17) is 4.52 Å². The summed E-state index contributed by atoms with van der Waals surface area (Å²) in [5.41, 5.74) is -0.0414. The smallest absolute Gasteiger partial charge is 0.359 e. The highest BCUT2D eigenvalue weighted by atomic mass is 19.4. The van der Waals surface area contributed by atoms with E-state index in [9.17, 15) is 13.2 Å². The number of hydrogen-bond donors (Lipinski definition) is 3. The summed E-state index contributed by atoms with van der Waals surface area (Å²) >= 11 is 0. The minimum atomic E-state index is -4.50. The molecule has 11 heteroatoms. The van der Waals surface area contributed by atoms with Crippen LogP contribution in [0.3, 0.4) is 0 Å². The second-order valence-electron chi connectivity index (χ2n) is 6.27. The molecule has 2 heterocycles. The molecule has 0 saturated heterocycles. The summed E-state index contributed by atoms with van der Waals surface area (Å²) in [4.78, 5) is 11.3. The van der Waals surface area contributed by atoms with Gasteiger partial charge in [-0.25, -0.2) is 9.97 Å². The Bertz CT molecular complexity index is 788. The van der Waals surface area contributed by atoms with Crippen LogP contribution in [-0.4, -0.2) is 41.2 Å². The Labute approximate surface area is 167 Å². The lowest BCUT2D eigenvalue weighted by Gasteiger charge is -2.12. The molecule has 160 valence electrons. The molecule has 3 N–H and O–H groups in total. The number of anilines is 1. The first-order valence-electron chi connectivity index (χ1n) is 9.41. The molecule has 0 atom stereocenters. The molecular weight excluding hydrogens is 387 g/mol. The third-order valence-corrected chi connectivity index (χ3v) is 4.28. The van der Waals surface area contributed by atoms with E-state index in [1.54, 1.807) is 7.05 Å². The Hall–Kier alpha value is -2.85. The van der Waals surface area contributed by atoms with Crippen molar-refractivity contribution >= 4 is 11.9 Å². The van der Waals surface area contributed by atoms with Crippen LogP contribution in [0.4, 0.5) is 19.1 Å². The predicted octanol–water partition coefficient (Wildman–Crippen LogP) is 3.16. The lowest BCUT2D eigenvalue weighted by molar-refractivity contribution is -0.141. The fourth-order valence-corrected chi connectivity index (χ4v) is 2.66. The number of rotatable bonds is 9. The normalized spacial score (nSPS) is 12.3. The standard InChI is InChI=1S/C18H26F3N7O/c1-4-12(5-2)14-10-13(29-28-14)11-26-16(22-3)24-8-9-25-17-23-7-6-15(27-17)18(19,20)21/h6-7,10,12H,4-5,8-9,11H2,1-3H3,(H2,22,24,26)(H,23,25,27). The Morgan fingerprint density at radius 3 is 2.62 bits per heavy atom. The van der Waals surface area contributed by atoms with Gasteiger partial charge in [-0.05, 0) is 18.9 Å². The average molecular weight is 413 g/mol. The Balaban J connectivity index is 1.76. The highest BCUT2D eigenvalue weighted by Gasteiger charge is 2.32. The van der Waals surface area contributed by atoms with Gasteiger partial charge >= 0.3 is 6.18 Å². The lowest BCUT2D eigenvalue weighted by Crippen LogP contribution is -2.39. The molecule has 0 spiro atoms. The fraction of sp³-hybridized carbons (Fsp3) is 0.556. The molecule has 0 bridgehead atoms. The summed E-state index contributed by atoms with van der Waals surface area (Å²) in [7, 11) is 1.62. The van der Waals surface area contributed by atoms with Crippen molar-refractivity contribution in [1.29, 1.82) is 0 Å². The number of alkyl halides is 3. The third-order valence-electron chi connectivity index (χ3n) is 4.28. The van der Waals surface area contributed by atoms with Gasteiger partial charge in [0, 0.05) is 38.3 Å². The highest BCUT2D eigenvalue weighted by Crippen LogP contribution is 2.27. The number of aromatic nitrogens is 3. The number of aliphatic imine (C=N–C) groups is 1. The van der Waals surface area contributed by atoms with E-state index in [-0.39, 0.29) is 5.95 Å². The SMILES string of the molecule is CCC(CC)c1cc(CNC(=NC)NCCNc2nccc(C(F)(F)F)n2)on1. The topological polar surface area (TPSA) is 100 Å². The lowest BCUT2D eigenvalue weighted by atomic mass is 9.99.